The van der Waals surface area contributed by atoms with Crippen molar-refractivity contribution in [1.82, 2.24) is 14.3 Å². The number of methoxy groups -OCH3 is 1. The van der Waals surface area contributed by atoms with Crippen LogP contribution < -0.4 is 0 Å². The molecule has 1 saturated heterocycles. The molecule has 1 fully saturated rings. The first-order valence-corrected chi connectivity index (χ1v) is 6.54. The Balaban J connectivity index is 1.81. The van der Waals surface area contributed by atoms with Gasteiger partial charge in [-0.25, -0.2) is 4.98 Å². The van der Waals surface area contributed by atoms with Gasteiger partial charge in [0.15, 0.2) is 0 Å². The minimum absolute atomic E-state index is 0.0493. The fraction of sp³-hybridized carbons (Fsp3) is 0.429. The van der Waals surface area contributed by atoms with Gasteiger partial charge in [0.25, 0.3) is 5.91 Å². The molecule has 100 valence electrons. The smallest absolute Gasteiger partial charge is 0.272 e. The van der Waals surface area contributed by atoms with Crippen LogP contribution in [0.1, 0.15) is 23.3 Å². The molecule has 0 bridgehead atoms. The molecule has 0 saturated carbocycles. The Morgan fingerprint density at radius 3 is 2.89 bits per heavy atom. The molecule has 2 aromatic rings. The molecule has 2 aromatic heterocycles. The van der Waals surface area contributed by atoms with E-state index >= 15 is 0 Å². The molecule has 0 N–H and O–H groups in total. The summed E-state index contributed by atoms with van der Waals surface area (Å²) < 4.78 is 7.16. The summed E-state index contributed by atoms with van der Waals surface area (Å²) in [5.74, 6) is 0.0493. The van der Waals surface area contributed by atoms with E-state index in [9.17, 15) is 4.79 Å². The maximum atomic E-state index is 12.5. The predicted octanol–water partition coefficient (Wildman–Crippen LogP) is 1.59. The molecule has 3 rings (SSSR count). The molecule has 1 amide bonds. The van der Waals surface area contributed by atoms with Gasteiger partial charge in [0, 0.05) is 26.4 Å². The van der Waals surface area contributed by atoms with Gasteiger partial charge in [-0.05, 0) is 25.0 Å². The second-order valence-electron chi connectivity index (χ2n) is 4.80. The highest BCUT2D eigenvalue weighted by molar-refractivity contribution is 5.93. The monoisotopic (exact) mass is 259 g/mol. The zero-order valence-corrected chi connectivity index (χ0v) is 11.0. The number of aromatic nitrogens is 2. The van der Waals surface area contributed by atoms with Crippen LogP contribution in [0, 0.1) is 0 Å². The van der Waals surface area contributed by atoms with Crippen molar-refractivity contribution in [2.75, 3.05) is 20.2 Å². The van der Waals surface area contributed by atoms with E-state index in [0.29, 0.717) is 5.69 Å². The third-order valence-corrected chi connectivity index (χ3v) is 3.70. The van der Waals surface area contributed by atoms with Crippen LogP contribution >= 0.6 is 0 Å². The lowest BCUT2D eigenvalue weighted by molar-refractivity contribution is 0.0347. The highest BCUT2D eigenvalue weighted by Crippen LogP contribution is 2.16. The van der Waals surface area contributed by atoms with Gasteiger partial charge in [0.2, 0.25) is 0 Å². The van der Waals surface area contributed by atoms with Crippen molar-refractivity contribution in [3.63, 3.8) is 0 Å². The summed E-state index contributed by atoms with van der Waals surface area (Å²) in [6, 6.07) is 5.72. The number of piperidine rings is 1. The molecular formula is C14H17N3O2. The van der Waals surface area contributed by atoms with Crippen LogP contribution in [0.3, 0.4) is 0 Å². The molecule has 0 aliphatic carbocycles. The van der Waals surface area contributed by atoms with Gasteiger partial charge in [-0.1, -0.05) is 6.07 Å². The van der Waals surface area contributed by atoms with Crippen LogP contribution in [0.2, 0.25) is 0 Å². The van der Waals surface area contributed by atoms with Gasteiger partial charge in [-0.2, -0.15) is 0 Å². The van der Waals surface area contributed by atoms with Crippen LogP contribution in [-0.4, -0.2) is 46.5 Å². The molecule has 5 heteroatoms. The minimum Gasteiger partial charge on any atom is -0.381 e. The summed E-state index contributed by atoms with van der Waals surface area (Å²) in [6.07, 6.45) is 5.61. The predicted molar refractivity (Wildman–Crippen MR) is 71.1 cm³/mol. The Morgan fingerprint density at radius 2 is 2.16 bits per heavy atom. The number of rotatable bonds is 2. The van der Waals surface area contributed by atoms with Crippen molar-refractivity contribution < 1.29 is 9.53 Å². The van der Waals surface area contributed by atoms with E-state index in [1.54, 1.807) is 13.3 Å². The Bertz CT molecular complexity index is 585. The number of imidazole rings is 1. The maximum Gasteiger partial charge on any atom is 0.272 e. The Morgan fingerprint density at radius 1 is 1.37 bits per heavy atom. The molecule has 0 unspecified atom stereocenters. The molecule has 0 spiro atoms. The molecule has 19 heavy (non-hydrogen) atoms. The third-order valence-electron chi connectivity index (χ3n) is 3.70. The van der Waals surface area contributed by atoms with Crippen LogP contribution in [0.4, 0.5) is 0 Å². The molecule has 3 heterocycles. The lowest BCUT2D eigenvalue weighted by Gasteiger charge is -2.31. The number of hydrogen-bond donors (Lipinski definition) is 0. The highest BCUT2D eigenvalue weighted by Gasteiger charge is 2.25. The Hall–Kier alpha value is -1.88. The molecule has 5 nitrogen and oxygen atoms in total. The van der Waals surface area contributed by atoms with Gasteiger partial charge < -0.3 is 9.64 Å². The zero-order valence-electron chi connectivity index (χ0n) is 11.0. The van der Waals surface area contributed by atoms with E-state index < -0.39 is 0 Å². The van der Waals surface area contributed by atoms with Crippen molar-refractivity contribution in [2.24, 2.45) is 0 Å². The molecule has 0 radical (unpaired) electrons. The number of likely N-dealkylation sites (tertiary alicyclic amines) is 1. The van der Waals surface area contributed by atoms with E-state index in [-0.39, 0.29) is 12.0 Å². The lowest BCUT2D eigenvalue weighted by Crippen LogP contribution is -2.41. The second kappa shape index (κ2) is 5.01. The number of pyridine rings is 1. The molecule has 0 atom stereocenters. The summed E-state index contributed by atoms with van der Waals surface area (Å²) in [5, 5.41) is 0. The number of nitrogens with zero attached hydrogens (tertiary/aromatic N) is 3. The lowest BCUT2D eigenvalue weighted by atomic mass is 10.1. The van der Waals surface area contributed by atoms with Gasteiger partial charge in [0.05, 0.1) is 12.3 Å². The van der Waals surface area contributed by atoms with E-state index in [1.165, 1.54) is 0 Å². The van der Waals surface area contributed by atoms with Crippen molar-refractivity contribution >= 4 is 11.6 Å². The minimum atomic E-state index is 0.0493. The van der Waals surface area contributed by atoms with Crippen molar-refractivity contribution in [3.8, 4) is 0 Å². The first-order chi connectivity index (χ1) is 9.29. The number of amides is 1. The van der Waals surface area contributed by atoms with Gasteiger partial charge in [-0.15, -0.1) is 0 Å². The van der Waals surface area contributed by atoms with Crippen LogP contribution in [0.25, 0.3) is 5.65 Å². The third kappa shape index (κ3) is 2.21. The first-order valence-electron chi connectivity index (χ1n) is 6.54. The Kier molecular flexibility index (Phi) is 3.21. The molecule has 0 aromatic carbocycles. The number of carbonyl (C=O) groups is 1. The summed E-state index contributed by atoms with van der Waals surface area (Å²) >= 11 is 0. The number of fused-ring (bicyclic) bond motifs is 1. The van der Waals surface area contributed by atoms with Crippen molar-refractivity contribution in [3.05, 3.63) is 36.3 Å². The average Bonchev–Trinajstić information content (AvgIpc) is 2.90. The SMILES string of the molecule is COC1CCN(C(=O)c2cnc3ccccn23)CC1. The van der Waals surface area contributed by atoms with Gasteiger partial charge >= 0.3 is 0 Å². The van der Waals surface area contributed by atoms with Crippen molar-refractivity contribution in [2.45, 2.75) is 18.9 Å². The van der Waals surface area contributed by atoms with E-state index in [1.807, 2.05) is 33.7 Å². The highest BCUT2D eigenvalue weighted by atomic mass is 16.5. The number of carbonyl (C=O) groups excluding carboxylic acids is 1. The van der Waals surface area contributed by atoms with E-state index in [4.69, 9.17) is 4.74 Å². The van der Waals surface area contributed by atoms with E-state index in [0.717, 1.165) is 31.6 Å². The molecule has 1 aliphatic rings. The summed E-state index contributed by atoms with van der Waals surface area (Å²) in [4.78, 5) is 18.6. The van der Waals surface area contributed by atoms with Crippen molar-refractivity contribution in [1.29, 1.82) is 0 Å². The topological polar surface area (TPSA) is 46.8 Å². The van der Waals surface area contributed by atoms with Crippen LogP contribution in [0.15, 0.2) is 30.6 Å². The quantitative estimate of drug-likeness (QED) is 0.822. The van der Waals surface area contributed by atoms with Crippen LogP contribution in [-0.2, 0) is 4.74 Å². The van der Waals surface area contributed by atoms with Gasteiger partial charge in [-0.3, -0.25) is 9.20 Å². The molecule has 1 aliphatic heterocycles. The van der Waals surface area contributed by atoms with E-state index in [2.05, 4.69) is 4.98 Å². The summed E-state index contributed by atoms with van der Waals surface area (Å²) in [6.45, 7) is 1.49. The number of hydrogen-bond acceptors (Lipinski definition) is 3. The second-order valence-corrected chi connectivity index (χ2v) is 4.80. The largest absolute Gasteiger partial charge is 0.381 e. The standard InChI is InChI=1S/C14H17N3O2/c1-19-11-5-8-16(9-6-11)14(18)12-10-15-13-4-2-3-7-17(12)13/h2-4,7,10-11H,5-6,8-9H2,1H3. The number of ether oxygens (including phenoxy) is 1. The summed E-state index contributed by atoms with van der Waals surface area (Å²) in [5.41, 5.74) is 1.43. The normalized spacial score (nSPS) is 17.0. The fourth-order valence-corrected chi connectivity index (χ4v) is 2.55. The maximum absolute atomic E-state index is 12.5. The van der Waals surface area contributed by atoms with Gasteiger partial charge in [0.1, 0.15) is 11.3 Å². The zero-order chi connectivity index (χ0) is 13.2. The summed E-state index contributed by atoms with van der Waals surface area (Å²) in [7, 11) is 1.73. The van der Waals surface area contributed by atoms with Crippen LogP contribution in [0.5, 0.6) is 0 Å². The average molecular weight is 259 g/mol. The fourth-order valence-electron chi connectivity index (χ4n) is 2.55. The first kappa shape index (κ1) is 12.2. The Labute approximate surface area is 111 Å². The molecular weight excluding hydrogens is 242 g/mol.